The van der Waals surface area contributed by atoms with Crippen LogP contribution in [0.3, 0.4) is 0 Å². The molecule has 0 bridgehead atoms. The summed E-state index contributed by atoms with van der Waals surface area (Å²) in [5.74, 6) is 0. The fourth-order valence-corrected chi connectivity index (χ4v) is 8.97. The number of aryl methyl sites for hydroxylation is 1. The highest BCUT2D eigenvalue weighted by atomic mass is 32.2. The van der Waals surface area contributed by atoms with E-state index < -0.39 is 45.0 Å². The van der Waals surface area contributed by atoms with Crippen molar-refractivity contribution in [3.05, 3.63) is 29.8 Å². The van der Waals surface area contributed by atoms with E-state index in [1.54, 1.807) is 0 Å². The molecule has 0 fully saturated rings. The SMILES string of the molecule is CCCCCCCCCCCCCCCCCCc1c(S(=O)(=O)O)c(S(=O)(=O)O)c(S(=O)(=O)O)c2ccccc12. The van der Waals surface area contributed by atoms with Crippen LogP contribution in [0.5, 0.6) is 0 Å². The van der Waals surface area contributed by atoms with E-state index in [2.05, 4.69) is 6.92 Å². The molecule has 228 valence electrons. The number of rotatable bonds is 20. The number of benzene rings is 2. The minimum Gasteiger partial charge on any atom is -0.282 e. The number of unbranched alkanes of at least 4 members (excludes halogenated alkanes) is 15. The molecule has 0 radical (unpaired) electrons. The molecule has 12 heteroatoms. The molecule has 2 aromatic carbocycles. The quantitative estimate of drug-likeness (QED) is 0.101. The zero-order chi connectivity index (χ0) is 29.8. The van der Waals surface area contributed by atoms with Crippen molar-refractivity contribution in [1.29, 1.82) is 0 Å². The molecule has 0 saturated heterocycles. The van der Waals surface area contributed by atoms with Crippen LogP contribution in [0.4, 0.5) is 0 Å². The topological polar surface area (TPSA) is 163 Å². The highest BCUT2D eigenvalue weighted by Gasteiger charge is 2.37. The van der Waals surface area contributed by atoms with Crippen molar-refractivity contribution in [2.24, 2.45) is 0 Å². The van der Waals surface area contributed by atoms with E-state index in [1.165, 1.54) is 88.5 Å². The molecule has 40 heavy (non-hydrogen) atoms. The number of hydrogen-bond acceptors (Lipinski definition) is 6. The molecule has 2 rings (SSSR count). The molecule has 0 aliphatic heterocycles. The summed E-state index contributed by atoms with van der Waals surface area (Å²) in [4.78, 5) is -4.04. The normalized spacial score (nSPS) is 12.8. The first-order valence-electron chi connectivity index (χ1n) is 14.3. The second-order valence-electron chi connectivity index (χ2n) is 10.5. The summed E-state index contributed by atoms with van der Waals surface area (Å²) >= 11 is 0. The molecule has 0 unspecified atom stereocenters. The van der Waals surface area contributed by atoms with Gasteiger partial charge in [-0.15, -0.1) is 0 Å². The standard InChI is InChI=1S/C28H44O9S3/c1-2-3-4-5-6-7-8-9-10-11-12-13-14-15-16-17-21-24-23-20-18-19-22-25(23)27(39(32,33)34)28(40(35,36)37)26(24)38(29,30)31/h18-20,22H,2-17,21H2,1H3,(H,29,30,31)(H,32,33,34)(H,35,36,37). The first kappa shape index (κ1) is 34.6. The second-order valence-corrected chi connectivity index (χ2v) is 14.6. The Hall–Kier alpha value is -1.57. The molecule has 0 saturated carbocycles. The highest BCUT2D eigenvalue weighted by molar-refractivity contribution is 7.90. The molecule has 0 aliphatic rings. The lowest BCUT2D eigenvalue weighted by molar-refractivity contribution is 0.455. The summed E-state index contributed by atoms with van der Waals surface area (Å²) in [6.45, 7) is 2.23. The summed E-state index contributed by atoms with van der Waals surface area (Å²) < 4.78 is 103. The van der Waals surface area contributed by atoms with Crippen LogP contribution in [0.15, 0.2) is 39.0 Å². The Morgan fingerprint density at radius 1 is 0.475 bits per heavy atom. The van der Waals surface area contributed by atoms with Crippen molar-refractivity contribution in [2.45, 2.75) is 131 Å². The van der Waals surface area contributed by atoms with Gasteiger partial charge in [-0.1, -0.05) is 128 Å². The van der Waals surface area contributed by atoms with Crippen LogP contribution in [-0.2, 0) is 36.8 Å². The maximum Gasteiger partial charge on any atom is 0.297 e. The molecular weight excluding hydrogens is 576 g/mol. The third-order valence-corrected chi connectivity index (χ3v) is 10.3. The predicted octanol–water partition coefficient (Wildman–Crippen LogP) is 7.38. The van der Waals surface area contributed by atoms with Crippen molar-refractivity contribution >= 4 is 41.1 Å². The molecule has 0 spiro atoms. The van der Waals surface area contributed by atoms with Crippen LogP contribution in [-0.4, -0.2) is 38.9 Å². The monoisotopic (exact) mass is 620 g/mol. The average Bonchev–Trinajstić information content (AvgIpc) is 2.85. The van der Waals surface area contributed by atoms with Crippen LogP contribution >= 0.6 is 0 Å². The van der Waals surface area contributed by atoms with Crippen molar-refractivity contribution in [2.75, 3.05) is 0 Å². The van der Waals surface area contributed by atoms with Gasteiger partial charge >= 0.3 is 0 Å². The minimum atomic E-state index is -5.48. The van der Waals surface area contributed by atoms with Gasteiger partial charge in [-0.3, -0.25) is 13.7 Å². The van der Waals surface area contributed by atoms with E-state index in [0.717, 1.165) is 25.7 Å². The molecule has 0 amide bonds. The summed E-state index contributed by atoms with van der Waals surface area (Å²) in [6, 6.07) is 5.47. The van der Waals surface area contributed by atoms with Gasteiger partial charge in [0.25, 0.3) is 30.4 Å². The lowest BCUT2D eigenvalue weighted by atomic mass is 9.98. The molecule has 0 aliphatic carbocycles. The highest BCUT2D eigenvalue weighted by Crippen LogP contribution is 2.39. The first-order valence-corrected chi connectivity index (χ1v) is 18.6. The third-order valence-electron chi connectivity index (χ3n) is 7.24. The van der Waals surface area contributed by atoms with E-state index in [1.807, 2.05) is 0 Å². The van der Waals surface area contributed by atoms with Crippen molar-refractivity contribution in [3.63, 3.8) is 0 Å². The fraction of sp³-hybridized carbons (Fsp3) is 0.643. The Morgan fingerprint density at radius 2 is 0.825 bits per heavy atom. The zero-order valence-corrected chi connectivity index (χ0v) is 25.8. The van der Waals surface area contributed by atoms with E-state index in [-0.39, 0.29) is 22.8 Å². The van der Waals surface area contributed by atoms with Crippen molar-refractivity contribution in [1.82, 2.24) is 0 Å². The Balaban J connectivity index is 1.98. The Kier molecular flexibility index (Phi) is 14.0. The maximum atomic E-state index is 12.3. The molecule has 9 nitrogen and oxygen atoms in total. The van der Waals surface area contributed by atoms with E-state index in [4.69, 9.17) is 0 Å². The van der Waals surface area contributed by atoms with Gasteiger partial charge in [-0.2, -0.15) is 25.3 Å². The Labute approximate surface area is 240 Å². The second kappa shape index (κ2) is 16.2. The molecule has 0 heterocycles. The van der Waals surface area contributed by atoms with E-state index >= 15 is 0 Å². The summed E-state index contributed by atoms with van der Waals surface area (Å²) in [7, 11) is -16.1. The minimum absolute atomic E-state index is 0.0162. The summed E-state index contributed by atoms with van der Waals surface area (Å²) in [5.41, 5.74) is -0.122. The van der Waals surface area contributed by atoms with Crippen LogP contribution in [0.2, 0.25) is 0 Å². The maximum absolute atomic E-state index is 12.3. The van der Waals surface area contributed by atoms with Gasteiger partial charge in [0, 0.05) is 5.39 Å². The van der Waals surface area contributed by atoms with Crippen LogP contribution in [0.25, 0.3) is 10.8 Å². The number of hydrogen-bond donors (Lipinski definition) is 3. The number of fused-ring (bicyclic) bond motifs is 1. The Morgan fingerprint density at radius 3 is 1.20 bits per heavy atom. The molecule has 0 atom stereocenters. The Bertz CT molecular complexity index is 1410. The lowest BCUT2D eigenvalue weighted by Gasteiger charge is -2.18. The largest absolute Gasteiger partial charge is 0.297 e. The van der Waals surface area contributed by atoms with Crippen LogP contribution < -0.4 is 0 Å². The lowest BCUT2D eigenvalue weighted by Crippen LogP contribution is -2.17. The van der Waals surface area contributed by atoms with E-state index in [9.17, 15) is 38.9 Å². The summed E-state index contributed by atoms with van der Waals surface area (Å²) in [6.07, 6.45) is 18.3. The fourth-order valence-electron chi connectivity index (χ4n) is 5.29. The van der Waals surface area contributed by atoms with Gasteiger partial charge in [0.2, 0.25) is 0 Å². The van der Waals surface area contributed by atoms with Crippen LogP contribution in [0, 0.1) is 0 Å². The molecule has 3 N–H and O–H groups in total. The predicted molar refractivity (Wildman–Crippen MR) is 157 cm³/mol. The van der Waals surface area contributed by atoms with Crippen molar-refractivity contribution in [3.8, 4) is 0 Å². The van der Waals surface area contributed by atoms with Gasteiger partial charge in [0.15, 0.2) is 0 Å². The van der Waals surface area contributed by atoms with Gasteiger partial charge < -0.3 is 0 Å². The van der Waals surface area contributed by atoms with Crippen LogP contribution in [0.1, 0.15) is 115 Å². The zero-order valence-electron chi connectivity index (χ0n) is 23.3. The summed E-state index contributed by atoms with van der Waals surface area (Å²) in [5, 5.41) is -0.215. The molecule has 2 aromatic rings. The van der Waals surface area contributed by atoms with Crippen molar-refractivity contribution < 1.29 is 38.9 Å². The van der Waals surface area contributed by atoms with Gasteiger partial charge in [0.05, 0.1) is 0 Å². The van der Waals surface area contributed by atoms with Gasteiger partial charge in [0.1, 0.15) is 14.7 Å². The molecule has 0 aromatic heterocycles. The van der Waals surface area contributed by atoms with Gasteiger partial charge in [-0.05, 0) is 23.8 Å². The third kappa shape index (κ3) is 10.7. The molecular formula is C28H44O9S3. The van der Waals surface area contributed by atoms with E-state index in [0.29, 0.717) is 12.8 Å². The average molecular weight is 621 g/mol. The van der Waals surface area contributed by atoms with Gasteiger partial charge in [-0.25, -0.2) is 0 Å². The smallest absolute Gasteiger partial charge is 0.282 e. The first-order chi connectivity index (χ1) is 18.8.